The van der Waals surface area contributed by atoms with Crippen molar-refractivity contribution in [2.24, 2.45) is 0 Å². The van der Waals surface area contributed by atoms with Crippen molar-refractivity contribution in [2.75, 3.05) is 13.4 Å². The van der Waals surface area contributed by atoms with E-state index in [4.69, 9.17) is 0 Å². The van der Waals surface area contributed by atoms with Gasteiger partial charge in [0.2, 0.25) is 13.9 Å². The van der Waals surface area contributed by atoms with E-state index in [1.165, 1.54) is 0 Å². The summed E-state index contributed by atoms with van der Waals surface area (Å²) >= 11 is 0. The van der Waals surface area contributed by atoms with Crippen LogP contribution in [0.5, 0.6) is 0 Å². The number of alkyl halides is 3. The molecular weight excluding hydrogens is 248 g/mol. The van der Waals surface area contributed by atoms with Crippen molar-refractivity contribution in [1.82, 2.24) is 0 Å². The minimum absolute atomic E-state index is 0.427. The molecule has 0 saturated carbocycles. The highest BCUT2D eigenvalue weighted by atomic mass is 32.2. The Hall–Kier alpha value is -0.110. The first-order valence-corrected chi connectivity index (χ1v) is 6.32. The Morgan fingerprint density at radius 1 is 1.36 bits per heavy atom. The maximum absolute atomic E-state index is 12.0. The molecule has 86 valence electrons. The molecule has 0 aromatic carbocycles. The summed E-state index contributed by atoms with van der Waals surface area (Å²) in [7, 11) is -7.20. The van der Waals surface area contributed by atoms with Gasteiger partial charge in [0, 0.05) is 7.11 Å². The Kier molecular flexibility index (Phi) is 4.57. The van der Waals surface area contributed by atoms with Crippen LogP contribution in [-0.4, -0.2) is 33.8 Å². The highest BCUT2D eigenvalue weighted by Gasteiger charge is 2.47. The van der Waals surface area contributed by atoms with Crippen molar-refractivity contribution in [2.45, 2.75) is 12.0 Å². The van der Waals surface area contributed by atoms with Crippen molar-refractivity contribution in [3.63, 3.8) is 0 Å². The standard InChI is InChI=1S/C4H8F3O5PS/c1-11-13(8)3(4(5,6)7)12-14(2,9)10/h3,13H,1-2H3. The van der Waals surface area contributed by atoms with E-state index >= 15 is 0 Å². The Labute approximate surface area is 79.2 Å². The highest BCUT2D eigenvalue weighted by molar-refractivity contribution is 7.86. The maximum Gasteiger partial charge on any atom is 0.425 e. The molecule has 10 heteroatoms. The van der Waals surface area contributed by atoms with Gasteiger partial charge < -0.3 is 4.52 Å². The Morgan fingerprint density at radius 3 is 2.00 bits per heavy atom. The van der Waals surface area contributed by atoms with Crippen LogP contribution in [0, 0.1) is 0 Å². The maximum atomic E-state index is 12.0. The van der Waals surface area contributed by atoms with Crippen LogP contribution in [0.3, 0.4) is 0 Å². The molecule has 0 aromatic rings. The predicted octanol–water partition coefficient (Wildman–Crippen LogP) is 0.972. The van der Waals surface area contributed by atoms with E-state index in [0.717, 1.165) is 7.11 Å². The molecule has 5 nitrogen and oxygen atoms in total. The molecule has 0 aromatic heterocycles. The molecule has 0 aliphatic rings. The molecule has 0 saturated heterocycles. The van der Waals surface area contributed by atoms with E-state index in [1.54, 1.807) is 0 Å². The summed E-state index contributed by atoms with van der Waals surface area (Å²) in [6.07, 6.45) is -4.62. The summed E-state index contributed by atoms with van der Waals surface area (Å²) in [6.45, 7) is 0. The van der Waals surface area contributed by atoms with Crippen molar-refractivity contribution < 1.29 is 34.9 Å². The van der Waals surface area contributed by atoms with Crippen molar-refractivity contribution in [3.05, 3.63) is 0 Å². The van der Waals surface area contributed by atoms with Crippen molar-refractivity contribution >= 4 is 18.1 Å². The van der Waals surface area contributed by atoms with Crippen LogP contribution in [0.25, 0.3) is 0 Å². The number of hydrogen-bond donors (Lipinski definition) is 0. The summed E-state index contributed by atoms with van der Waals surface area (Å²) in [6, 6.07) is 0. The van der Waals surface area contributed by atoms with Gasteiger partial charge in [-0.05, 0) is 0 Å². The molecule has 0 radical (unpaired) electrons. The summed E-state index contributed by atoms with van der Waals surface area (Å²) in [5, 5.41) is 0. The van der Waals surface area contributed by atoms with Gasteiger partial charge in [0.15, 0.2) is 0 Å². The fraction of sp³-hybridized carbons (Fsp3) is 1.00. The largest absolute Gasteiger partial charge is 0.425 e. The van der Waals surface area contributed by atoms with Crippen LogP contribution in [-0.2, 0) is 23.4 Å². The average molecular weight is 256 g/mol. The quantitative estimate of drug-likeness (QED) is 0.553. The minimum Gasteiger partial charge on any atom is -0.332 e. The molecule has 14 heavy (non-hydrogen) atoms. The SMILES string of the molecule is CO[PH](=O)C(OS(C)(=O)=O)C(F)(F)F. The molecular formula is C4H8F3O5PS. The summed E-state index contributed by atoms with van der Waals surface area (Å²) in [4.78, 5) is 0. The van der Waals surface area contributed by atoms with Gasteiger partial charge in [-0.3, -0.25) is 4.57 Å². The van der Waals surface area contributed by atoms with Gasteiger partial charge >= 0.3 is 6.18 Å². The van der Waals surface area contributed by atoms with Gasteiger partial charge in [-0.1, -0.05) is 0 Å². The zero-order valence-corrected chi connectivity index (χ0v) is 8.98. The third kappa shape index (κ3) is 4.94. The van der Waals surface area contributed by atoms with Crippen LogP contribution in [0.4, 0.5) is 13.2 Å². The van der Waals surface area contributed by atoms with Gasteiger partial charge in [0.25, 0.3) is 10.1 Å². The Morgan fingerprint density at radius 2 is 1.79 bits per heavy atom. The lowest BCUT2D eigenvalue weighted by atomic mass is 10.7. The summed E-state index contributed by atoms with van der Waals surface area (Å²) in [5.41, 5.74) is 0. The lowest BCUT2D eigenvalue weighted by Gasteiger charge is -2.17. The second kappa shape index (κ2) is 4.61. The van der Waals surface area contributed by atoms with Crippen LogP contribution < -0.4 is 0 Å². The second-order valence-electron chi connectivity index (χ2n) is 2.25. The van der Waals surface area contributed by atoms with Crippen LogP contribution in [0.2, 0.25) is 0 Å². The zero-order valence-electron chi connectivity index (χ0n) is 7.16. The third-order valence-electron chi connectivity index (χ3n) is 0.984. The molecule has 2 atom stereocenters. The molecule has 0 fully saturated rings. The summed E-state index contributed by atoms with van der Waals surface area (Å²) in [5.74, 6) is -2.92. The monoisotopic (exact) mass is 256 g/mol. The second-order valence-corrected chi connectivity index (χ2v) is 5.42. The Balaban J connectivity index is 4.85. The zero-order chi connectivity index (χ0) is 11.6. The molecule has 0 spiro atoms. The lowest BCUT2D eigenvalue weighted by molar-refractivity contribution is -0.169. The normalized spacial score (nSPS) is 17.8. The van der Waals surface area contributed by atoms with Crippen LogP contribution in [0.15, 0.2) is 0 Å². The van der Waals surface area contributed by atoms with Crippen LogP contribution >= 0.6 is 8.03 Å². The number of hydrogen-bond acceptors (Lipinski definition) is 5. The van der Waals surface area contributed by atoms with Gasteiger partial charge in [-0.15, -0.1) is 0 Å². The van der Waals surface area contributed by atoms with Crippen molar-refractivity contribution in [3.8, 4) is 0 Å². The van der Waals surface area contributed by atoms with Gasteiger partial charge in [0.05, 0.1) is 6.26 Å². The molecule has 0 aliphatic heterocycles. The lowest BCUT2D eigenvalue weighted by Crippen LogP contribution is -2.30. The van der Waals surface area contributed by atoms with E-state index in [1.807, 2.05) is 0 Å². The first-order chi connectivity index (χ1) is 6.08. The van der Waals surface area contributed by atoms with E-state index in [9.17, 15) is 26.2 Å². The topological polar surface area (TPSA) is 69.7 Å². The van der Waals surface area contributed by atoms with E-state index < -0.39 is 30.2 Å². The predicted molar refractivity (Wildman–Crippen MR) is 41.8 cm³/mol. The van der Waals surface area contributed by atoms with Crippen molar-refractivity contribution in [1.29, 1.82) is 0 Å². The third-order valence-corrected chi connectivity index (χ3v) is 2.97. The minimum atomic E-state index is -5.05. The number of rotatable bonds is 4. The smallest absolute Gasteiger partial charge is 0.332 e. The molecule has 0 aliphatic carbocycles. The van der Waals surface area contributed by atoms with Crippen LogP contribution in [0.1, 0.15) is 0 Å². The molecule has 0 N–H and O–H groups in total. The summed E-state index contributed by atoms with van der Waals surface area (Å²) < 4.78 is 75.2. The Bertz CT molecular complexity index is 309. The van der Waals surface area contributed by atoms with E-state index in [-0.39, 0.29) is 0 Å². The van der Waals surface area contributed by atoms with E-state index in [0.29, 0.717) is 6.26 Å². The molecule has 0 amide bonds. The first kappa shape index (κ1) is 13.9. The first-order valence-electron chi connectivity index (χ1n) is 3.10. The molecule has 0 heterocycles. The fourth-order valence-electron chi connectivity index (χ4n) is 0.509. The van der Waals surface area contributed by atoms with Gasteiger partial charge in [0.1, 0.15) is 0 Å². The van der Waals surface area contributed by atoms with E-state index in [2.05, 4.69) is 8.71 Å². The highest BCUT2D eigenvalue weighted by Crippen LogP contribution is 2.41. The molecule has 0 bridgehead atoms. The molecule has 0 rings (SSSR count). The average Bonchev–Trinajstić information content (AvgIpc) is 1.95. The molecule has 2 unspecified atom stereocenters. The van der Waals surface area contributed by atoms with Gasteiger partial charge in [-0.2, -0.15) is 21.6 Å². The fourth-order valence-corrected chi connectivity index (χ4v) is 2.29. The number of halogens is 3. The van der Waals surface area contributed by atoms with Gasteiger partial charge in [-0.25, -0.2) is 4.18 Å².